The Labute approximate surface area is 69.2 Å². The zero-order valence-corrected chi connectivity index (χ0v) is 6.93. The van der Waals surface area contributed by atoms with Crippen LogP contribution in [0.15, 0.2) is 0 Å². The van der Waals surface area contributed by atoms with E-state index in [0.717, 1.165) is 0 Å². The van der Waals surface area contributed by atoms with Crippen LogP contribution in [-0.2, 0) is 11.8 Å². The molecule has 12 heavy (non-hydrogen) atoms. The zero-order valence-electron chi connectivity index (χ0n) is 6.93. The molecule has 1 aromatic heterocycles. The number of aliphatic carboxylic acids is 1. The maximum atomic E-state index is 10.7. The van der Waals surface area contributed by atoms with Gasteiger partial charge in [0.1, 0.15) is 5.92 Å². The number of aromatic nitrogens is 4. The highest BCUT2D eigenvalue weighted by molar-refractivity contribution is 5.74. The molecule has 1 heterocycles. The normalized spacial score (nSPS) is 12.8. The van der Waals surface area contributed by atoms with Crippen LogP contribution in [0.4, 0.5) is 0 Å². The van der Waals surface area contributed by atoms with Crippen molar-refractivity contribution in [3.8, 4) is 0 Å². The van der Waals surface area contributed by atoms with Crippen LogP contribution in [0.2, 0.25) is 0 Å². The van der Waals surface area contributed by atoms with Crippen LogP contribution < -0.4 is 0 Å². The molecule has 0 aromatic carbocycles. The molecule has 0 radical (unpaired) electrons. The van der Waals surface area contributed by atoms with E-state index in [9.17, 15) is 4.79 Å². The second-order valence-corrected chi connectivity index (χ2v) is 2.46. The van der Waals surface area contributed by atoms with Crippen molar-refractivity contribution in [1.29, 1.82) is 0 Å². The van der Waals surface area contributed by atoms with Crippen LogP contribution in [-0.4, -0.2) is 31.3 Å². The van der Waals surface area contributed by atoms with Crippen molar-refractivity contribution in [3.63, 3.8) is 0 Å². The van der Waals surface area contributed by atoms with E-state index in [2.05, 4.69) is 15.5 Å². The molecule has 66 valence electrons. The fourth-order valence-electron chi connectivity index (χ4n) is 0.999. The summed E-state index contributed by atoms with van der Waals surface area (Å²) in [5.41, 5.74) is 0. The minimum Gasteiger partial charge on any atom is -0.481 e. The number of carboxylic acids is 1. The molecule has 0 aliphatic carbocycles. The fraction of sp³-hybridized carbons (Fsp3) is 0.667. The molecular weight excluding hydrogens is 160 g/mol. The van der Waals surface area contributed by atoms with Gasteiger partial charge in [0.15, 0.2) is 5.82 Å². The van der Waals surface area contributed by atoms with Gasteiger partial charge in [-0.05, 0) is 16.8 Å². The van der Waals surface area contributed by atoms with E-state index in [1.807, 2.05) is 0 Å². The summed E-state index contributed by atoms with van der Waals surface area (Å²) in [4.78, 5) is 10.7. The van der Waals surface area contributed by atoms with E-state index >= 15 is 0 Å². The molecule has 0 amide bonds. The predicted molar refractivity (Wildman–Crippen MR) is 39.5 cm³/mol. The van der Waals surface area contributed by atoms with Gasteiger partial charge in [-0.3, -0.25) is 4.79 Å². The molecule has 1 rings (SSSR count). The number of hydrogen-bond donors (Lipinski definition) is 1. The van der Waals surface area contributed by atoms with Crippen molar-refractivity contribution in [2.24, 2.45) is 7.05 Å². The number of hydrogen-bond acceptors (Lipinski definition) is 4. The van der Waals surface area contributed by atoms with E-state index < -0.39 is 11.9 Å². The molecule has 6 heteroatoms. The van der Waals surface area contributed by atoms with Gasteiger partial charge in [-0.1, -0.05) is 6.92 Å². The standard InChI is InChI=1S/C6H10N4O2/c1-3-4(6(11)12)5-7-8-9-10(5)2/h4H,3H2,1-2H3,(H,11,12). The van der Waals surface area contributed by atoms with Crippen molar-refractivity contribution < 1.29 is 9.90 Å². The van der Waals surface area contributed by atoms with Crippen LogP contribution in [0.1, 0.15) is 25.1 Å². The van der Waals surface area contributed by atoms with E-state index in [1.165, 1.54) is 4.68 Å². The summed E-state index contributed by atoms with van der Waals surface area (Å²) in [6, 6.07) is 0. The summed E-state index contributed by atoms with van der Waals surface area (Å²) in [6.07, 6.45) is 0.490. The topological polar surface area (TPSA) is 80.9 Å². The maximum Gasteiger partial charge on any atom is 0.314 e. The first-order chi connectivity index (χ1) is 5.66. The Balaban J connectivity index is 2.94. The average Bonchev–Trinajstić information content (AvgIpc) is 2.38. The van der Waals surface area contributed by atoms with Crippen LogP contribution in [0.25, 0.3) is 0 Å². The average molecular weight is 170 g/mol. The summed E-state index contributed by atoms with van der Waals surface area (Å²) in [7, 11) is 1.63. The molecule has 0 spiro atoms. The molecule has 1 N–H and O–H groups in total. The monoisotopic (exact) mass is 170 g/mol. The van der Waals surface area contributed by atoms with Crippen LogP contribution in [0.5, 0.6) is 0 Å². The summed E-state index contributed by atoms with van der Waals surface area (Å²) in [6.45, 7) is 1.79. The van der Waals surface area contributed by atoms with E-state index in [1.54, 1.807) is 14.0 Å². The van der Waals surface area contributed by atoms with Gasteiger partial charge in [0.25, 0.3) is 0 Å². The number of carboxylic acid groups (broad SMARTS) is 1. The number of carbonyl (C=O) groups is 1. The third-order valence-corrected chi connectivity index (χ3v) is 1.67. The molecule has 0 aliphatic rings. The number of rotatable bonds is 3. The summed E-state index contributed by atoms with van der Waals surface area (Å²) in [5, 5.41) is 19.3. The second-order valence-electron chi connectivity index (χ2n) is 2.46. The first kappa shape index (κ1) is 8.63. The van der Waals surface area contributed by atoms with Gasteiger partial charge in [0, 0.05) is 7.05 Å². The molecule has 1 unspecified atom stereocenters. The highest BCUT2D eigenvalue weighted by Crippen LogP contribution is 2.14. The van der Waals surface area contributed by atoms with Crippen molar-refractivity contribution in [2.75, 3.05) is 0 Å². The van der Waals surface area contributed by atoms with E-state index in [0.29, 0.717) is 12.2 Å². The number of nitrogens with zero attached hydrogens (tertiary/aromatic N) is 4. The lowest BCUT2D eigenvalue weighted by molar-refractivity contribution is -0.139. The summed E-state index contributed by atoms with van der Waals surface area (Å²) < 4.78 is 1.38. The minimum absolute atomic E-state index is 0.394. The molecular formula is C6H10N4O2. The van der Waals surface area contributed by atoms with Crippen LogP contribution in [0.3, 0.4) is 0 Å². The fourth-order valence-corrected chi connectivity index (χ4v) is 0.999. The van der Waals surface area contributed by atoms with Gasteiger partial charge >= 0.3 is 5.97 Å². The quantitative estimate of drug-likeness (QED) is 0.678. The third kappa shape index (κ3) is 1.41. The lowest BCUT2D eigenvalue weighted by Crippen LogP contribution is -2.15. The molecule has 1 atom stereocenters. The molecule has 1 aromatic rings. The smallest absolute Gasteiger partial charge is 0.314 e. The zero-order chi connectivity index (χ0) is 9.14. The van der Waals surface area contributed by atoms with Crippen molar-refractivity contribution in [2.45, 2.75) is 19.3 Å². The molecule has 0 aliphatic heterocycles. The lowest BCUT2D eigenvalue weighted by atomic mass is 10.1. The van der Waals surface area contributed by atoms with E-state index in [-0.39, 0.29) is 0 Å². The van der Waals surface area contributed by atoms with Gasteiger partial charge in [0.2, 0.25) is 0 Å². The number of aryl methyl sites for hydroxylation is 1. The summed E-state index contributed by atoms with van der Waals surface area (Å²) in [5.74, 6) is -1.11. The Morgan fingerprint density at radius 3 is 2.75 bits per heavy atom. The van der Waals surface area contributed by atoms with Gasteiger partial charge < -0.3 is 5.11 Å². The van der Waals surface area contributed by atoms with Gasteiger partial charge in [-0.25, -0.2) is 4.68 Å². The third-order valence-electron chi connectivity index (χ3n) is 1.67. The summed E-state index contributed by atoms with van der Waals surface area (Å²) >= 11 is 0. The molecule has 6 nitrogen and oxygen atoms in total. The van der Waals surface area contributed by atoms with Crippen molar-refractivity contribution >= 4 is 5.97 Å². The Hall–Kier alpha value is -1.46. The number of tetrazole rings is 1. The Morgan fingerprint density at radius 2 is 2.42 bits per heavy atom. The Bertz CT molecular complexity index is 283. The Morgan fingerprint density at radius 1 is 1.75 bits per heavy atom. The molecule has 0 saturated heterocycles. The minimum atomic E-state index is -0.893. The highest BCUT2D eigenvalue weighted by Gasteiger charge is 2.22. The van der Waals surface area contributed by atoms with E-state index in [4.69, 9.17) is 5.11 Å². The molecule has 0 saturated carbocycles. The highest BCUT2D eigenvalue weighted by atomic mass is 16.4. The first-order valence-electron chi connectivity index (χ1n) is 3.61. The van der Waals surface area contributed by atoms with Gasteiger partial charge in [-0.2, -0.15) is 0 Å². The van der Waals surface area contributed by atoms with Crippen LogP contribution in [0, 0.1) is 0 Å². The maximum absolute atomic E-state index is 10.7. The largest absolute Gasteiger partial charge is 0.481 e. The van der Waals surface area contributed by atoms with Gasteiger partial charge in [0.05, 0.1) is 0 Å². The predicted octanol–water partition coefficient (Wildman–Crippen LogP) is -0.212. The van der Waals surface area contributed by atoms with Gasteiger partial charge in [-0.15, -0.1) is 5.10 Å². The van der Waals surface area contributed by atoms with Crippen molar-refractivity contribution in [1.82, 2.24) is 20.2 Å². The molecule has 0 fully saturated rings. The SMILES string of the molecule is CCC(C(=O)O)c1nnnn1C. The molecule has 0 bridgehead atoms. The first-order valence-corrected chi connectivity index (χ1v) is 3.61. The van der Waals surface area contributed by atoms with Crippen molar-refractivity contribution in [3.05, 3.63) is 5.82 Å². The Kier molecular flexibility index (Phi) is 2.37. The lowest BCUT2D eigenvalue weighted by Gasteiger charge is -2.05. The van der Waals surface area contributed by atoms with Crippen LogP contribution >= 0.6 is 0 Å². The second kappa shape index (κ2) is 3.29.